The molecule has 2 aromatic rings. The van der Waals surface area contributed by atoms with Crippen molar-refractivity contribution in [2.75, 3.05) is 7.05 Å². The highest BCUT2D eigenvalue weighted by molar-refractivity contribution is 5.29. The van der Waals surface area contributed by atoms with E-state index in [2.05, 4.69) is 22.0 Å². The highest BCUT2D eigenvalue weighted by Gasteiger charge is 2.16. The van der Waals surface area contributed by atoms with Crippen molar-refractivity contribution in [2.45, 2.75) is 39.3 Å². The van der Waals surface area contributed by atoms with Gasteiger partial charge in [0, 0.05) is 12.0 Å². The molecule has 0 radical (unpaired) electrons. The van der Waals surface area contributed by atoms with Crippen molar-refractivity contribution in [1.29, 1.82) is 0 Å². The van der Waals surface area contributed by atoms with Crippen molar-refractivity contribution in [1.82, 2.24) is 15.1 Å². The van der Waals surface area contributed by atoms with Crippen LogP contribution in [-0.4, -0.2) is 27.3 Å². The quantitative estimate of drug-likeness (QED) is 0.908. The zero-order chi connectivity index (χ0) is 14.7. The van der Waals surface area contributed by atoms with Crippen LogP contribution in [0.5, 0.6) is 5.75 Å². The van der Waals surface area contributed by atoms with Gasteiger partial charge in [0.1, 0.15) is 5.75 Å². The van der Waals surface area contributed by atoms with E-state index in [9.17, 15) is 5.11 Å². The third-order valence-electron chi connectivity index (χ3n) is 3.37. The van der Waals surface area contributed by atoms with Gasteiger partial charge >= 0.3 is 0 Å². The maximum Gasteiger partial charge on any atom is 0.230 e. The molecule has 0 unspecified atom stereocenters. The third kappa shape index (κ3) is 3.36. The number of rotatable bonds is 5. The first-order chi connectivity index (χ1) is 9.47. The molecular weight excluding hydrogens is 254 g/mol. The summed E-state index contributed by atoms with van der Waals surface area (Å²) in [7, 11) is 1.99. The van der Waals surface area contributed by atoms with Crippen LogP contribution in [0.3, 0.4) is 0 Å². The fraction of sp³-hybridized carbons (Fsp3) is 0.467. The normalized spacial score (nSPS) is 13.1. The molecule has 20 heavy (non-hydrogen) atoms. The largest absolute Gasteiger partial charge is 0.508 e. The van der Waals surface area contributed by atoms with Crippen LogP contribution in [0.25, 0.3) is 0 Å². The minimum Gasteiger partial charge on any atom is -0.508 e. The Morgan fingerprint density at radius 3 is 2.60 bits per heavy atom. The molecule has 5 heteroatoms. The van der Waals surface area contributed by atoms with Gasteiger partial charge in [-0.3, -0.25) is 4.90 Å². The van der Waals surface area contributed by atoms with Crippen molar-refractivity contribution < 1.29 is 9.52 Å². The molecule has 1 N–H and O–H groups in total. The van der Waals surface area contributed by atoms with E-state index in [4.69, 9.17) is 4.42 Å². The Morgan fingerprint density at radius 2 is 2.00 bits per heavy atom. The van der Waals surface area contributed by atoms with Crippen molar-refractivity contribution >= 4 is 0 Å². The number of phenols is 1. The lowest BCUT2D eigenvalue weighted by Crippen LogP contribution is -2.22. The van der Waals surface area contributed by atoms with Crippen LogP contribution < -0.4 is 0 Å². The fourth-order valence-electron chi connectivity index (χ4n) is 1.95. The van der Waals surface area contributed by atoms with Gasteiger partial charge in [-0.1, -0.05) is 26.0 Å². The average Bonchev–Trinajstić information content (AvgIpc) is 2.86. The summed E-state index contributed by atoms with van der Waals surface area (Å²) in [5.41, 5.74) is 1.05. The van der Waals surface area contributed by atoms with Crippen LogP contribution in [0.2, 0.25) is 0 Å². The van der Waals surface area contributed by atoms with Gasteiger partial charge in [0.05, 0.1) is 6.54 Å². The van der Waals surface area contributed by atoms with Gasteiger partial charge < -0.3 is 9.52 Å². The number of aromatic nitrogens is 2. The molecule has 0 aliphatic heterocycles. The molecule has 0 fully saturated rings. The number of nitrogens with zero attached hydrogens (tertiary/aromatic N) is 3. The predicted octanol–water partition coefficient (Wildman–Crippen LogP) is 3.09. The smallest absolute Gasteiger partial charge is 0.230 e. The first-order valence-corrected chi connectivity index (χ1v) is 6.79. The second-order valence-corrected chi connectivity index (χ2v) is 5.37. The summed E-state index contributed by atoms with van der Waals surface area (Å²) in [4.78, 5) is 2.10. The van der Waals surface area contributed by atoms with Crippen LogP contribution in [0.15, 0.2) is 28.7 Å². The van der Waals surface area contributed by atoms with Crippen molar-refractivity contribution in [3.05, 3.63) is 41.6 Å². The first kappa shape index (κ1) is 14.5. The van der Waals surface area contributed by atoms with Gasteiger partial charge in [-0.05, 0) is 31.7 Å². The topological polar surface area (TPSA) is 62.4 Å². The second-order valence-electron chi connectivity index (χ2n) is 5.37. The van der Waals surface area contributed by atoms with E-state index in [1.807, 2.05) is 33.0 Å². The summed E-state index contributed by atoms with van der Waals surface area (Å²) in [6.45, 7) is 6.71. The van der Waals surface area contributed by atoms with Gasteiger partial charge in [0.2, 0.25) is 11.8 Å². The zero-order valence-electron chi connectivity index (χ0n) is 12.4. The minimum absolute atomic E-state index is 0.150. The Balaban J connectivity index is 2.05. The van der Waals surface area contributed by atoms with E-state index >= 15 is 0 Å². The molecule has 0 saturated heterocycles. The monoisotopic (exact) mass is 275 g/mol. The summed E-state index contributed by atoms with van der Waals surface area (Å²) in [5.74, 6) is 1.80. The van der Waals surface area contributed by atoms with E-state index in [1.54, 1.807) is 12.1 Å². The molecule has 0 amide bonds. The highest BCUT2D eigenvalue weighted by atomic mass is 16.4. The number of phenolic OH excluding ortho intramolecular Hbond substituents is 1. The molecule has 108 valence electrons. The Labute approximate surface area is 119 Å². The van der Waals surface area contributed by atoms with Crippen LogP contribution in [0, 0.1) is 0 Å². The summed E-state index contributed by atoms with van der Waals surface area (Å²) in [5, 5.41) is 17.6. The first-order valence-electron chi connectivity index (χ1n) is 6.79. The van der Waals surface area contributed by atoms with Crippen molar-refractivity contribution in [3.8, 4) is 5.75 Å². The van der Waals surface area contributed by atoms with Crippen molar-refractivity contribution in [3.63, 3.8) is 0 Å². The van der Waals surface area contributed by atoms with E-state index in [1.165, 1.54) is 0 Å². The zero-order valence-corrected chi connectivity index (χ0v) is 12.4. The predicted molar refractivity (Wildman–Crippen MR) is 76.4 cm³/mol. The fourth-order valence-corrected chi connectivity index (χ4v) is 1.95. The van der Waals surface area contributed by atoms with Gasteiger partial charge in [-0.25, -0.2) is 0 Å². The average molecular weight is 275 g/mol. The minimum atomic E-state index is 0.150. The van der Waals surface area contributed by atoms with Crippen LogP contribution in [0.1, 0.15) is 50.1 Å². The number of aromatic hydroxyl groups is 1. The molecule has 1 aromatic heterocycles. The number of hydrogen-bond acceptors (Lipinski definition) is 5. The van der Waals surface area contributed by atoms with Gasteiger partial charge in [-0.2, -0.15) is 0 Å². The highest BCUT2D eigenvalue weighted by Crippen LogP contribution is 2.23. The standard InChI is InChI=1S/C15H21N3O2/c1-10(2)15-17-16-14(20-15)9-18(4)11(3)12-6-5-7-13(19)8-12/h5-8,10-11,19H,9H2,1-4H3/t11-/m0/s1. The second kappa shape index (κ2) is 6.05. The lowest BCUT2D eigenvalue weighted by atomic mass is 10.1. The molecular formula is C15H21N3O2. The molecule has 0 aliphatic carbocycles. The SMILES string of the molecule is CC(C)c1nnc(CN(C)[C@@H](C)c2cccc(O)c2)o1. The Kier molecular flexibility index (Phi) is 4.39. The maximum absolute atomic E-state index is 9.54. The Morgan fingerprint density at radius 1 is 1.25 bits per heavy atom. The number of hydrogen-bond donors (Lipinski definition) is 1. The summed E-state index contributed by atoms with van der Waals surface area (Å²) >= 11 is 0. The van der Waals surface area contributed by atoms with E-state index in [-0.39, 0.29) is 17.7 Å². The summed E-state index contributed by atoms with van der Waals surface area (Å²) < 4.78 is 5.61. The molecule has 1 aromatic carbocycles. The van der Waals surface area contributed by atoms with Gasteiger partial charge in [-0.15, -0.1) is 10.2 Å². The summed E-state index contributed by atoms with van der Waals surface area (Å²) in [6, 6.07) is 7.43. The molecule has 2 rings (SSSR count). The molecule has 1 heterocycles. The molecule has 5 nitrogen and oxygen atoms in total. The lowest BCUT2D eigenvalue weighted by molar-refractivity contribution is 0.224. The van der Waals surface area contributed by atoms with E-state index in [0.717, 1.165) is 5.56 Å². The maximum atomic E-state index is 9.54. The van der Waals surface area contributed by atoms with Crippen LogP contribution in [-0.2, 0) is 6.54 Å². The van der Waals surface area contributed by atoms with E-state index in [0.29, 0.717) is 18.3 Å². The Hall–Kier alpha value is -1.88. The molecule has 0 bridgehead atoms. The summed E-state index contributed by atoms with van der Waals surface area (Å²) in [6.07, 6.45) is 0. The van der Waals surface area contributed by atoms with Crippen LogP contribution >= 0.6 is 0 Å². The third-order valence-corrected chi connectivity index (χ3v) is 3.37. The van der Waals surface area contributed by atoms with Crippen molar-refractivity contribution in [2.24, 2.45) is 0 Å². The van der Waals surface area contributed by atoms with E-state index < -0.39 is 0 Å². The molecule has 0 aliphatic rings. The number of benzene rings is 1. The lowest BCUT2D eigenvalue weighted by Gasteiger charge is -2.23. The Bertz CT molecular complexity index is 566. The molecule has 0 spiro atoms. The van der Waals surface area contributed by atoms with Gasteiger partial charge in [0.15, 0.2) is 0 Å². The van der Waals surface area contributed by atoms with Crippen LogP contribution in [0.4, 0.5) is 0 Å². The van der Waals surface area contributed by atoms with Gasteiger partial charge in [0.25, 0.3) is 0 Å². The molecule has 0 saturated carbocycles. The molecule has 1 atom stereocenters.